The average molecular weight is 353 g/mol. The minimum atomic E-state index is -3.43. The van der Waals surface area contributed by atoms with Crippen molar-refractivity contribution in [3.63, 3.8) is 0 Å². The Bertz CT molecular complexity index is 663. The third-order valence-corrected chi connectivity index (χ3v) is 6.66. The minimum Gasteiger partial charge on any atom is -0.368 e. The molecule has 6 nitrogen and oxygen atoms in total. The maximum absolute atomic E-state index is 12.2. The molecule has 0 bridgehead atoms. The highest BCUT2D eigenvalue weighted by Crippen LogP contribution is 2.28. The summed E-state index contributed by atoms with van der Waals surface area (Å²) in [6, 6.07) is 7.26. The average Bonchev–Trinajstić information content (AvgIpc) is 3.02. The topological polar surface area (TPSA) is 64.7 Å². The van der Waals surface area contributed by atoms with Crippen molar-refractivity contribution in [3.05, 3.63) is 24.3 Å². The molecule has 1 unspecified atom stereocenters. The summed E-state index contributed by atoms with van der Waals surface area (Å²) in [5, 5.41) is 3.46. The fraction of sp³-hybridized carbons (Fsp3) is 0.647. The Hall–Kier alpha value is -1.15. The van der Waals surface area contributed by atoms with Gasteiger partial charge in [-0.3, -0.25) is 4.90 Å². The number of nitrogens with one attached hydrogen (secondary N) is 2. The van der Waals surface area contributed by atoms with Crippen molar-refractivity contribution >= 4 is 15.7 Å². The normalized spacial score (nSPS) is 26.0. The van der Waals surface area contributed by atoms with Gasteiger partial charge in [-0.1, -0.05) is 19.1 Å². The Kier molecular flexibility index (Phi) is 5.15. The second-order valence-electron chi connectivity index (χ2n) is 7.18. The van der Waals surface area contributed by atoms with Crippen LogP contribution >= 0.6 is 0 Å². The lowest BCUT2D eigenvalue weighted by Crippen LogP contribution is -2.50. The standard InChI is InChI=1S/C17H28N4O2S/c1-17(7-8-19-13-17)14-20-9-11-21(12-10-20)15-5-3-4-6-16(15)24(22,23)18-2/h3-6,18-19H,7-14H2,1-2H3. The van der Waals surface area contributed by atoms with Gasteiger partial charge in [0.2, 0.25) is 10.0 Å². The maximum atomic E-state index is 12.2. The lowest BCUT2D eigenvalue weighted by molar-refractivity contribution is 0.169. The van der Waals surface area contributed by atoms with Crippen molar-refractivity contribution in [1.82, 2.24) is 14.9 Å². The SMILES string of the molecule is CNS(=O)(=O)c1ccccc1N1CCN(CC2(C)CCNC2)CC1. The molecule has 3 rings (SSSR count). The van der Waals surface area contributed by atoms with Crippen LogP contribution in [0.1, 0.15) is 13.3 Å². The molecular formula is C17H28N4O2S. The van der Waals surface area contributed by atoms with Crippen LogP contribution in [-0.2, 0) is 10.0 Å². The maximum Gasteiger partial charge on any atom is 0.242 e. The third kappa shape index (κ3) is 3.74. The number of anilines is 1. The van der Waals surface area contributed by atoms with E-state index in [1.165, 1.54) is 13.5 Å². The van der Waals surface area contributed by atoms with E-state index in [9.17, 15) is 8.42 Å². The first-order valence-corrected chi connectivity index (χ1v) is 10.1. The molecule has 0 aromatic heterocycles. The Balaban J connectivity index is 1.67. The quantitative estimate of drug-likeness (QED) is 0.817. The van der Waals surface area contributed by atoms with Crippen LogP contribution in [-0.4, -0.2) is 66.2 Å². The number of para-hydroxylation sites is 1. The predicted molar refractivity (Wildman–Crippen MR) is 96.9 cm³/mol. The van der Waals surface area contributed by atoms with Gasteiger partial charge in [-0.15, -0.1) is 0 Å². The molecular weight excluding hydrogens is 324 g/mol. The molecule has 0 spiro atoms. The molecule has 2 fully saturated rings. The smallest absolute Gasteiger partial charge is 0.242 e. The van der Waals surface area contributed by atoms with Crippen LogP contribution in [0.25, 0.3) is 0 Å². The number of rotatable bonds is 5. The number of hydrogen-bond acceptors (Lipinski definition) is 5. The third-order valence-electron chi connectivity index (χ3n) is 5.20. The van der Waals surface area contributed by atoms with Gasteiger partial charge in [0.05, 0.1) is 5.69 Å². The summed E-state index contributed by atoms with van der Waals surface area (Å²) in [6.45, 7) is 9.35. The van der Waals surface area contributed by atoms with Gasteiger partial charge in [0.1, 0.15) is 4.90 Å². The number of piperazine rings is 1. The van der Waals surface area contributed by atoms with Gasteiger partial charge in [-0.2, -0.15) is 0 Å². The largest absolute Gasteiger partial charge is 0.368 e. The van der Waals surface area contributed by atoms with E-state index in [4.69, 9.17) is 0 Å². The molecule has 1 aromatic rings. The Labute approximate surface area is 145 Å². The first-order valence-electron chi connectivity index (χ1n) is 8.64. The molecule has 0 amide bonds. The van der Waals surface area contributed by atoms with Crippen LogP contribution in [0.2, 0.25) is 0 Å². The Morgan fingerprint density at radius 2 is 1.92 bits per heavy atom. The molecule has 1 aromatic carbocycles. The van der Waals surface area contributed by atoms with Gasteiger partial charge >= 0.3 is 0 Å². The second-order valence-corrected chi connectivity index (χ2v) is 9.03. The van der Waals surface area contributed by atoms with E-state index < -0.39 is 10.0 Å². The van der Waals surface area contributed by atoms with Crippen LogP contribution in [0.15, 0.2) is 29.2 Å². The molecule has 7 heteroatoms. The van der Waals surface area contributed by atoms with Crippen molar-refractivity contribution in [2.24, 2.45) is 5.41 Å². The fourth-order valence-electron chi connectivity index (χ4n) is 3.75. The zero-order chi connectivity index (χ0) is 17.2. The molecule has 2 N–H and O–H groups in total. The summed E-state index contributed by atoms with van der Waals surface area (Å²) < 4.78 is 26.9. The van der Waals surface area contributed by atoms with Crippen LogP contribution in [0.3, 0.4) is 0 Å². The highest BCUT2D eigenvalue weighted by atomic mass is 32.2. The molecule has 2 heterocycles. The van der Waals surface area contributed by atoms with Crippen LogP contribution in [0.4, 0.5) is 5.69 Å². The summed E-state index contributed by atoms with van der Waals surface area (Å²) in [5.74, 6) is 0. The number of nitrogens with zero attached hydrogens (tertiary/aromatic N) is 2. The Morgan fingerprint density at radius 3 is 2.54 bits per heavy atom. The van der Waals surface area contributed by atoms with Gasteiger partial charge in [-0.25, -0.2) is 13.1 Å². The summed E-state index contributed by atoms with van der Waals surface area (Å²) in [4.78, 5) is 5.07. The van der Waals surface area contributed by atoms with Gasteiger partial charge in [0.25, 0.3) is 0 Å². The van der Waals surface area contributed by atoms with E-state index in [0.717, 1.165) is 51.5 Å². The van der Waals surface area contributed by atoms with Crippen molar-refractivity contribution in [2.75, 3.05) is 57.8 Å². The molecule has 0 aliphatic carbocycles. The van der Waals surface area contributed by atoms with Gasteiger partial charge in [0.15, 0.2) is 0 Å². The van der Waals surface area contributed by atoms with E-state index in [0.29, 0.717) is 10.3 Å². The lowest BCUT2D eigenvalue weighted by Gasteiger charge is -2.40. The van der Waals surface area contributed by atoms with Gasteiger partial charge < -0.3 is 10.2 Å². The molecule has 2 aliphatic rings. The fourth-order valence-corrected chi connectivity index (χ4v) is 4.70. The molecule has 24 heavy (non-hydrogen) atoms. The summed E-state index contributed by atoms with van der Waals surface area (Å²) in [7, 11) is -1.97. The van der Waals surface area contributed by atoms with Crippen molar-refractivity contribution in [1.29, 1.82) is 0 Å². The van der Waals surface area contributed by atoms with E-state index in [2.05, 4.69) is 26.8 Å². The number of hydrogen-bond donors (Lipinski definition) is 2. The van der Waals surface area contributed by atoms with Gasteiger partial charge in [0, 0.05) is 39.3 Å². The van der Waals surface area contributed by atoms with Crippen LogP contribution < -0.4 is 14.9 Å². The van der Waals surface area contributed by atoms with Crippen molar-refractivity contribution in [2.45, 2.75) is 18.2 Å². The monoisotopic (exact) mass is 352 g/mol. The zero-order valence-corrected chi connectivity index (χ0v) is 15.4. The minimum absolute atomic E-state index is 0.368. The summed E-state index contributed by atoms with van der Waals surface area (Å²) in [6.07, 6.45) is 1.23. The zero-order valence-electron chi connectivity index (χ0n) is 14.6. The van der Waals surface area contributed by atoms with E-state index in [1.54, 1.807) is 12.1 Å². The lowest BCUT2D eigenvalue weighted by atomic mass is 9.89. The summed E-state index contributed by atoms with van der Waals surface area (Å²) in [5.41, 5.74) is 1.18. The van der Waals surface area contributed by atoms with E-state index in [-0.39, 0.29) is 0 Å². The predicted octanol–water partition coefficient (Wildman–Crippen LogP) is 0.716. The number of sulfonamides is 1. The van der Waals surface area contributed by atoms with Crippen LogP contribution in [0, 0.1) is 5.41 Å². The first kappa shape index (κ1) is 17.7. The van der Waals surface area contributed by atoms with Crippen molar-refractivity contribution in [3.8, 4) is 0 Å². The molecule has 134 valence electrons. The molecule has 2 aliphatic heterocycles. The molecule has 0 radical (unpaired) electrons. The van der Waals surface area contributed by atoms with E-state index >= 15 is 0 Å². The number of benzene rings is 1. The highest BCUT2D eigenvalue weighted by Gasteiger charge is 2.32. The molecule has 1 atom stereocenters. The highest BCUT2D eigenvalue weighted by molar-refractivity contribution is 7.89. The first-order chi connectivity index (χ1) is 11.4. The van der Waals surface area contributed by atoms with Crippen molar-refractivity contribution < 1.29 is 8.42 Å². The van der Waals surface area contributed by atoms with E-state index in [1.807, 2.05) is 12.1 Å². The molecule has 2 saturated heterocycles. The van der Waals surface area contributed by atoms with Crippen LogP contribution in [0.5, 0.6) is 0 Å². The Morgan fingerprint density at radius 1 is 1.21 bits per heavy atom. The van der Waals surface area contributed by atoms with Gasteiger partial charge in [-0.05, 0) is 37.6 Å². The second kappa shape index (κ2) is 7.00. The summed E-state index contributed by atoms with van der Waals surface area (Å²) >= 11 is 0. The molecule has 0 saturated carbocycles.